The summed E-state index contributed by atoms with van der Waals surface area (Å²) in [5.41, 5.74) is 0. The van der Waals surface area contributed by atoms with Crippen LogP contribution in [0.4, 0.5) is 0 Å². The molecule has 0 amide bonds. The summed E-state index contributed by atoms with van der Waals surface area (Å²) < 4.78 is 6.56. The Morgan fingerprint density at radius 1 is 0.810 bits per heavy atom. The maximum atomic E-state index is 6.56. The van der Waals surface area contributed by atoms with Gasteiger partial charge in [-0.15, -0.1) is 0 Å². The second kappa shape index (κ2) is 11.7. The first-order valence-electron chi connectivity index (χ1n) is 9.88. The van der Waals surface area contributed by atoms with E-state index < -0.39 is 8.32 Å². The maximum absolute atomic E-state index is 6.56. The van der Waals surface area contributed by atoms with E-state index >= 15 is 0 Å². The van der Waals surface area contributed by atoms with Crippen LogP contribution in [0.25, 0.3) is 0 Å². The fourth-order valence-corrected chi connectivity index (χ4v) is 7.24. The van der Waals surface area contributed by atoms with Crippen molar-refractivity contribution in [3.8, 4) is 0 Å². The molecule has 1 aliphatic heterocycles. The summed E-state index contributed by atoms with van der Waals surface area (Å²) in [5.74, 6) is 0. The summed E-state index contributed by atoms with van der Waals surface area (Å²) in [7, 11) is -1.26. The summed E-state index contributed by atoms with van der Waals surface area (Å²) >= 11 is 0. The van der Waals surface area contributed by atoms with Gasteiger partial charge in [-0.05, 0) is 31.5 Å². The van der Waals surface area contributed by atoms with Gasteiger partial charge in [-0.25, -0.2) is 0 Å². The first-order chi connectivity index (χ1) is 10.2. The maximum Gasteiger partial charge on any atom is 0.190 e. The van der Waals surface area contributed by atoms with Crippen LogP contribution in [-0.2, 0) is 4.43 Å². The summed E-state index contributed by atoms with van der Waals surface area (Å²) in [6, 6.07) is 2.84. The summed E-state index contributed by atoms with van der Waals surface area (Å²) in [5, 5.41) is 0. The van der Waals surface area contributed by atoms with Gasteiger partial charge in [0.15, 0.2) is 8.32 Å². The van der Waals surface area contributed by atoms with Crippen molar-refractivity contribution < 1.29 is 4.43 Å². The minimum atomic E-state index is -1.26. The molecule has 21 heavy (non-hydrogen) atoms. The van der Waals surface area contributed by atoms with Crippen molar-refractivity contribution >= 4 is 8.32 Å². The first-order valence-corrected chi connectivity index (χ1v) is 12.7. The van der Waals surface area contributed by atoms with Crippen LogP contribution in [0.1, 0.15) is 97.3 Å². The third-order valence-corrected chi connectivity index (χ3v) is 8.92. The van der Waals surface area contributed by atoms with Crippen LogP contribution in [0.15, 0.2) is 0 Å². The highest BCUT2D eigenvalue weighted by Crippen LogP contribution is 2.33. The fourth-order valence-electron chi connectivity index (χ4n) is 3.67. The van der Waals surface area contributed by atoms with Crippen LogP contribution in [-0.4, -0.2) is 14.4 Å². The Morgan fingerprint density at radius 2 is 1.33 bits per heavy atom. The monoisotopic (exact) mass is 312 g/mol. The lowest BCUT2D eigenvalue weighted by molar-refractivity contribution is 0.172. The summed E-state index contributed by atoms with van der Waals surface area (Å²) in [6.45, 7) is 7.07. The van der Waals surface area contributed by atoms with Gasteiger partial charge in [0.1, 0.15) is 0 Å². The second-order valence-corrected chi connectivity index (χ2v) is 11.6. The van der Waals surface area contributed by atoms with Crippen molar-refractivity contribution in [3.63, 3.8) is 0 Å². The van der Waals surface area contributed by atoms with Crippen LogP contribution < -0.4 is 0 Å². The highest BCUT2D eigenvalue weighted by atomic mass is 28.4. The van der Waals surface area contributed by atoms with Gasteiger partial charge in [-0.2, -0.15) is 0 Å². The quantitative estimate of drug-likeness (QED) is 0.261. The van der Waals surface area contributed by atoms with Crippen LogP contribution in [0, 0.1) is 0 Å². The zero-order valence-corrected chi connectivity index (χ0v) is 16.1. The molecule has 0 radical (unpaired) electrons. The Morgan fingerprint density at radius 3 is 1.86 bits per heavy atom. The van der Waals surface area contributed by atoms with Gasteiger partial charge in [-0.1, -0.05) is 84.5 Å². The second-order valence-electron chi connectivity index (χ2n) is 7.42. The molecule has 1 unspecified atom stereocenters. The van der Waals surface area contributed by atoms with E-state index in [1.807, 2.05) is 0 Å². The van der Waals surface area contributed by atoms with Gasteiger partial charge in [-0.3, -0.25) is 0 Å². The predicted molar refractivity (Wildman–Crippen MR) is 97.5 cm³/mol. The molecule has 1 nitrogen and oxygen atoms in total. The molecule has 1 rings (SSSR count). The number of hydrogen-bond acceptors (Lipinski definition) is 1. The molecule has 0 aromatic rings. The first kappa shape index (κ1) is 19.2. The zero-order valence-electron chi connectivity index (χ0n) is 15.1. The third kappa shape index (κ3) is 9.03. The molecule has 0 N–H and O–H groups in total. The topological polar surface area (TPSA) is 9.23 Å². The Balaban J connectivity index is 1.97. The van der Waals surface area contributed by atoms with E-state index in [0.29, 0.717) is 6.10 Å². The van der Waals surface area contributed by atoms with Crippen LogP contribution in [0.2, 0.25) is 18.6 Å². The van der Waals surface area contributed by atoms with E-state index in [0.717, 1.165) is 0 Å². The highest BCUT2D eigenvalue weighted by molar-refractivity contribution is 6.73. The fraction of sp³-hybridized carbons (Fsp3) is 1.00. The lowest BCUT2D eigenvalue weighted by Gasteiger charge is -2.28. The van der Waals surface area contributed by atoms with Gasteiger partial charge in [0.05, 0.1) is 0 Å². The van der Waals surface area contributed by atoms with E-state index in [2.05, 4.69) is 20.4 Å². The molecule has 2 heteroatoms. The SMILES string of the molecule is CCCCCCCCCCCC(CC)O[Si]1(C)CCCC1. The lowest BCUT2D eigenvalue weighted by atomic mass is 10.0. The van der Waals surface area contributed by atoms with Crippen LogP contribution in [0.5, 0.6) is 0 Å². The number of rotatable bonds is 13. The molecule has 0 aromatic carbocycles. The largest absolute Gasteiger partial charge is 0.414 e. The molecule has 1 heterocycles. The van der Waals surface area contributed by atoms with Gasteiger partial charge in [0.25, 0.3) is 0 Å². The molecule has 0 spiro atoms. The molecule has 0 aliphatic carbocycles. The Bertz CT molecular complexity index is 236. The molecule has 1 saturated heterocycles. The van der Waals surface area contributed by atoms with Gasteiger partial charge in [0.2, 0.25) is 0 Å². The van der Waals surface area contributed by atoms with E-state index in [-0.39, 0.29) is 0 Å². The molecular weight excluding hydrogens is 272 g/mol. The molecule has 0 bridgehead atoms. The number of hydrogen-bond donors (Lipinski definition) is 0. The van der Waals surface area contributed by atoms with E-state index in [1.54, 1.807) is 0 Å². The van der Waals surface area contributed by atoms with Crippen molar-refractivity contribution in [2.75, 3.05) is 0 Å². The van der Waals surface area contributed by atoms with Crippen molar-refractivity contribution in [1.29, 1.82) is 0 Å². The predicted octanol–water partition coefficient (Wildman–Crippen LogP) is 7.07. The van der Waals surface area contributed by atoms with Gasteiger partial charge < -0.3 is 4.43 Å². The minimum absolute atomic E-state index is 0.573. The zero-order chi connectivity index (χ0) is 15.4. The molecule has 126 valence electrons. The van der Waals surface area contributed by atoms with Gasteiger partial charge >= 0.3 is 0 Å². The van der Waals surface area contributed by atoms with E-state index in [9.17, 15) is 0 Å². The van der Waals surface area contributed by atoms with Gasteiger partial charge in [0, 0.05) is 6.10 Å². The lowest BCUT2D eigenvalue weighted by Crippen LogP contribution is -2.35. The van der Waals surface area contributed by atoms with E-state index in [4.69, 9.17) is 4.43 Å². The van der Waals surface area contributed by atoms with Crippen molar-refractivity contribution in [3.05, 3.63) is 0 Å². The smallest absolute Gasteiger partial charge is 0.190 e. The standard InChI is InChI=1S/C19H40OSi/c1-4-6-7-8-9-10-11-12-13-16-19(5-2)20-21(3)17-14-15-18-21/h19H,4-18H2,1-3H3. The normalized spacial score (nSPS) is 19.0. The average molecular weight is 313 g/mol. The molecule has 1 aliphatic rings. The minimum Gasteiger partial charge on any atom is -0.414 e. The molecule has 0 saturated carbocycles. The Labute approximate surface area is 135 Å². The highest BCUT2D eigenvalue weighted by Gasteiger charge is 2.34. The third-order valence-electron chi connectivity index (χ3n) is 5.20. The molecule has 1 atom stereocenters. The van der Waals surface area contributed by atoms with Crippen LogP contribution in [0.3, 0.4) is 0 Å². The summed E-state index contributed by atoms with van der Waals surface area (Å²) in [6.07, 6.45) is 18.8. The van der Waals surface area contributed by atoms with Crippen LogP contribution >= 0.6 is 0 Å². The molecular formula is C19H40OSi. The number of unbranched alkanes of at least 4 members (excludes halogenated alkanes) is 8. The van der Waals surface area contributed by atoms with Crippen molar-refractivity contribution in [2.45, 2.75) is 122 Å². The average Bonchev–Trinajstić information content (AvgIpc) is 2.91. The van der Waals surface area contributed by atoms with Crippen molar-refractivity contribution in [1.82, 2.24) is 0 Å². The Hall–Kier alpha value is 0.177. The van der Waals surface area contributed by atoms with E-state index in [1.165, 1.54) is 95.6 Å². The molecule has 0 aromatic heterocycles. The molecule has 1 fully saturated rings. The Kier molecular flexibility index (Phi) is 10.7. The summed E-state index contributed by atoms with van der Waals surface area (Å²) in [4.78, 5) is 0. The van der Waals surface area contributed by atoms with Crippen molar-refractivity contribution in [2.24, 2.45) is 0 Å².